The number of aryl methyl sites for hydroxylation is 1. The lowest BCUT2D eigenvalue weighted by molar-refractivity contribution is 0.0846. The fraction of sp³-hybridized carbons (Fsp3) is 0.0909. The highest BCUT2D eigenvalue weighted by Crippen LogP contribution is 2.21. The molecule has 0 aliphatic rings. The number of halogens is 1. The van der Waals surface area contributed by atoms with Gasteiger partial charge in [0.25, 0.3) is 11.8 Å². The first-order valence-electron chi connectivity index (χ1n) is 5.21. The van der Waals surface area contributed by atoms with Gasteiger partial charge in [0.15, 0.2) is 0 Å². The smallest absolute Gasteiger partial charge is 0.266 e. The highest BCUT2D eigenvalue weighted by molar-refractivity contribution is 9.11. The van der Waals surface area contributed by atoms with Crippen molar-refractivity contribution in [1.29, 1.82) is 0 Å². The van der Waals surface area contributed by atoms with Crippen molar-refractivity contribution in [2.45, 2.75) is 6.92 Å². The number of nitrogens with zero attached hydrogens (tertiary/aromatic N) is 2. The van der Waals surface area contributed by atoms with Crippen molar-refractivity contribution in [2.24, 2.45) is 0 Å². The molecule has 2 aromatic rings. The molecule has 0 bridgehead atoms. The molecule has 0 aliphatic carbocycles. The van der Waals surface area contributed by atoms with Crippen LogP contribution in [-0.4, -0.2) is 21.8 Å². The fourth-order valence-electron chi connectivity index (χ4n) is 1.19. The van der Waals surface area contributed by atoms with E-state index in [9.17, 15) is 9.59 Å². The lowest BCUT2D eigenvalue weighted by Crippen LogP contribution is -2.41. The van der Waals surface area contributed by atoms with Gasteiger partial charge in [0.2, 0.25) is 0 Å². The van der Waals surface area contributed by atoms with Crippen LogP contribution >= 0.6 is 27.3 Å². The van der Waals surface area contributed by atoms with E-state index in [1.165, 1.54) is 23.7 Å². The molecule has 2 amide bonds. The van der Waals surface area contributed by atoms with Crippen LogP contribution in [0.1, 0.15) is 25.9 Å². The third-order valence-corrected chi connectivity index (χ3v) is 3.72. The number of carbonyl (C=O) groups is 2. The third-order valence-electron chi connectivity index (χ3n) is 2.10. The van der Waals surface area contributed by atoms with Gasteiger partial charge in [-0.25, -0.2) is 4.98 Å². The van der Waals surface area contributed by atoms with E-state index in [-0.39, 0.29) is 11.6 Å². The van der Waals surface area contributed by atoms with E-state index in [1.54, 1.807) is 19.1 Å². The van der Waals surface area contributed by atoms with Crippen LogP contribution in [0.2, 0.25) is 0 Å². The van der Waals surface area contributed by atoms with Gasteiger partial charge in [0, 0.05) is 6.20 Å². The van der Waals surface area contributed by atoms with Gasteiger partial charge in [-0.05, 0) is 35.0 Å². The van der Waals surface area contributed by atoms with Crippen molar-refractivity contribution in [3.8, 4) is 0 Å². The Hall–Kier alpha value is -1.80. The summed E-state index contributed by atoms with van der Waals surface area (Å²) in [5.74, 6) is -0.902. The van der Waals surface area contributed by atoms with Crippen LogP contribution in [-0.2, 0) is 0 Å². The molecule has 0 fully saturated rings. The van der Waals surface area contributed by atoms with Crippen molar-refractivity contribution in [3.05, 3.63) is 44.6 Å². The Bertz CT molecular complexity index is 611. The molecule has 2 N–H and O–H groups in total. The molecule has 0 aliphatic heterocycles. The molecule has 0 saturated heterocycles. The third kappa shape index (κ3) is 3.58. The minimum absolute atomic E-state index is 0.137. The molecule has 0 atom stereocenters. The monoisotopic (exact) mass is 340 g/mol. The Morgan fingerprint density at radius 3 is 2.47 bits per heavy atom. The molecule has 0 aromatic carbocycles. The topological polar surface area (TPSA) is 84.0 Å². The second-order valence-electron chi connectivity index (χ2n) is 3.56. The Morgan fingerprint density at radius 1 is 1.16 bits per heavy atom. The molecule has 0 radical (unpaired) electrons. The van der Waals surface area contributed by atoms with Gasteiger partial charge in [-0.2, -0.15) is 0 Å². The highest BCUT2D eigenvalue weighted by Gasteiger charge is 2.11. The number of amides is 2. The summed E-state index contributed by atoms with van der Waals surface area (Å²) in [6, 6.07) is 3.41. The van der Waals surface area contributed by atoms with Crippen molar-refractivity contribution < 1.29 is 9.59 Å². The standard InChI is InChI=1S/C11H9BrN4O2S/c1-6-4-14-7(5-13-6)10(17)15-16-11(18)8-2-3-9(12)19-8/h2-5H,1H3,(H,15,17)(H,16,18). The molecule has 0 spiro atoms. The Balaban J connectivity index is 1.93. The van der Waals surface area contributed by atoms with E-state index >= 15 is 0 Å². The van der Waals surface area contributed by atoms with Crippen LogP contribution in [0, 0.1) is 6.92 Å². The van der Waals surface area contributed by atoms with Gasteiger partial charge < -0.3 is 0 Å². The summed E-state index contributed by atoms with van der Waals surface area (Å²) in [5.41, 5.74) is 5.43. The van der Waals surface area contributed by atoms with Crippen molar-refractivity contribution in [2.75, 3.05) is 0 Å². The fourth-order valence-corrected chi connectivity index (χ4v) is 2.47. The Morgan fingerprint density at radius 2 is 1.89 bits per heavy atom. The predicted molar refractivity (Wildman–Crippen MR) is 73.7 cm³/mol. The van der Waals surface area contributed by atoms with Crippen molar-refractivity contribution in [1.82, 2.24) is 20.8 Å². The van der Waals surface area contributed by atoms with Gasteiger partial charge in [-0.15, -0.1) is 11.3 Å². The summed E-state index contributed by atoms with van der Waals surface area (Å²) in [6.07, 6.45) is 2.83. The maximum Gasteiger partial charge on any atom is 0.289 e. The first-order chi connectivity index (χ1) is 9.06. The molecule has 98 valence electrons. The maximum atomic E-state index is 11.7. The normalized spacial score (nSPS) is 10.0. The number of nitrogens with one attached hydrogen (secondary N) is 2. The summed E-state index contributed by atoms with van der Waals surface area (Å²) < 4.78 is 0.841. The SMILES string of the molecule is Cc1cnc(C(=O)NNC(=O)c2ccc(Br)s2)cn1. The lowest BCUT2D eigenvalue weighted by atomic mass is 10.4. The lowest BCUT2D eigenvalue weighted by Gasteiger charge is -2.05. The summed E-state index contributed by atoms with van der Waals surface area (Å²) >= 11 is 4.53. The molecule has 2 heterocycles. The molecule has 6 nitrogen and oxygen atoms in total. The molecule has 0 unspecified atom stereocenters. The molecule has 19 heavy (non-hydrogen) atoms. The van der Waals surface area contributed by atoms with E-state index in [1.807, 2.05) is 0 Å². The minimum atomic E-state index is -0.517. The van der Waals surface area contributed by atoms with Crippen LogP contribution < -0.4 is 10.9 Å². The second-order valence-corrected chi connectivity index (χ2v) is 6.02. The molecule has 2 rings (SSSR count). The van der Waals surface area contributed by atoms with E-state index in [4.69, 9.17) is 0 Å². The van der Waals surface area contributed by atoms with Gasteiger partial charge in [0.1, 0.15) is 5.69 Å². The number of aromatic nitrogens is 2. The van der Waals surface area contributed by atoms with Crippen LogP contribution in [0.25, 0.3) is 0 Å². The van der Waals surface area contributed by atoms with E-state index in [2.05, 4.69) is 36.7 Å². The number of hydrogen-bond acceptors (Lipinski definition) is 5. The molecular weight excluding hydrogens is 332 g/mol. The van der Waals surface area contributed by atoms with Crippen LogP contribution in [0.5, 0.6) is 0 Å². The number of hydrazine groups is 1. The zero-order valence-electron chi connectivity index (χ0n) is 9.81. The largest absolute Gasteiger partial charge is 0.289 e. The van der Waals surface area contributed by atoms with Crippen LogP contribution in [0.4, 0.5) is 0 Å². The van der Waals surface area contributed by atoms with Gasteiger partial charge in [-0.3, -0.25) is 25.4 Å². The highest BCUT2D eigenvalue weighted by atomic mass is 79.9. The zero-order chi connectivity index (χ0) is 13.8. The maximum absolute atomic E-state index is 11.7. The average molecular weight is 341 g/mol. The number of thiophene rings is 1. The number of rotatable bonds is 2. The second kappa shape index (κ2) is 5.89. The van der Waals surface area contributed by atoms with Gasteiger partial charge in [0.05, 0.1) is 20.6 Å². The summed E-state index contributed by atoms with van der Waals surface area (Å²) in [5, 5.41) is 0. The summed E-state index contributed by atoms with van der Waals surface area (Å²) in [6.45, 7) is 1.77. The Labute approximate surface area is 121 Å². The number of carbonyl (C=O) groups excluding carboxylic acids is 2. The molecule has 8 heteroatoms. The first-order valence-corrected chi connectivity index (χ1v) is 6.82. The zero-order valence-corrected chi connectivity index (χ0v) is 12.2. The van der Waals surface area contributed by atoms with Gasteiger partial charge >= 0.3 is 0 Å². The predicted octanol–water partition coefficient (Wildman–Crippen LogP) is 1.68. The van der Waals surface area contributed by atoms with Crippen molar-refractivity contribution >= 4 is 39.1 Å². The summed E-state index contributed by atoms with van der Waals surface area (Å²) in [7, 11) is 0. The first kappa shape index (κ1) is 13.6. The van der Waals surface area contributed by atoms with Gasteiger partial charge in [-0.1, -0.05) is 0 Å². The van der Waals surface area contributed by atoms with E-state index in [0.29, 0.717) is 10.6 Å². The number of hydrogen-bond donors (Lipinski definition) is 2. The van der Waals surface area contributed by atoms with E-state index in [0.717, 1.165) is 3.79 Å². The van der Waals surface area contributed by atoms with E-state index < -0.39 is 5.91 Å². The molecule has 2 aromatic heterocycles. The minimum Gasteiger partial charge on any atom is -0.266 e. The van der Waals surface area contributed by atoms with Crippen molar-refractivity contribution in [3.63, 3.8) is 0 Å². The Kier molecular flexibility index (Phi) is 4.23. The van der Waals surface area contributed by atoms with Crippen LogP contribution in [0.15, 0.2) is 28.3 Å². The average Bonchev–Trinajstić information content (AvgIpc) is 2.83. The quantitative estimate of drug-likeness (QED) is 0.814. The molecule has 0 saturated carbocycles. The summed E-state index contributed by atoms with van der Waals surface area (Å²) in [4.78, 5) is 31.7. The van der Waals surface area contributed by atoms with Crippen LogP contribution in [0.3, 0.4) is 0 Å². The molecular formula is C11H9BrN4O2S.